The number of alkyl halides is 3. The molecule has 0 unspecified atom stereocenters. The fraction of sp³-hybridized carbons (Fsp3) is 0.286. The van der Waals surface area contributed by atoms with Gasteiger partial charge in [-0.15, -0.1) is 11.3 Å². The first kappa shape index (κ1) is 22.1. The van der Waals surface area contributed by atoms with Crippen molar-refractivity contribution in [1.29, 1.82) is 5.26 Å². The van der Waals surface area contributed by atoms with Gasteiger partial charge in [0.15, 0.2) is 0 Å². The van der Waals surface area contributed by atoms with Crippen molar-refractivity contribution in [2.75, 3.05) is 10.8 Å². The van der Waals surface area contributed by atoms with Gasteiger partial charge in [-0.05, 0) is 55.0 Å². The Morgan fingerprint density at radius 1 is 1.10 bits per heavy atom. The van der Waals surface area contributed by atoms with Crippen LogP contribution in [0.5, 0.6) is 0 Å². The Morgan fingerprint density at radius 3 is 2.50 bits per heavy atom. The minimum absolute atomic E-state index is 0.0599. The van der Waals surface area contributed by atoms with Crippen LogP contribution in [0.2, 0.25) is 0 Å². The third-order valence-corrected chi connectivity index (χ3v) is 7.87. The minimum Gasteiger partial charge on any atom is -0.257 e. The van der Waals surface area contributed by atoms with Gasteiger partial charge in [0.2, 0.25) is 0 Å². The van der Waals surface area contributed by atoms with Crippen molar-refractivity contribution in [3.8, 4) is 6.07 Å². The Hall–Kier alpha value is -2.57. The lowest BCUT2D eigenvalue weighted by Gasteiger charge is -2.24. The van der Waals surface area contributed by atoms with Crippen LogP contribution in [0.3, 0.4) is 0 Å². The Balaban J connectivity index is 2.02. The van der Waals surface area contributed by atoms with Crippen molar-refractivity contribution in [2.45, 2.75) is 37.3 Å². The standard InChI is InChI=1S/C21H19F3N2O2S2/c1-15-18-9-2-3-10-19(18)29-20(15)26(12-5-4-11-21(22,23)24)30(27,28)17-8-6-7-16(13-17)14-25/h2-3,6-10,13H,4-5,11-12H2,1H3. The van der Waals surface area contributed by atoms with E-state index >= 15 is 0 Å². The molecule has 0 spiro atoms. The molecule has 1 aromatic heterocycles. The predicted molar refractivity (Wildman–Crippen MR) is 112 cm³/mol. The molecule has 9 heteroatoms. The highest BCUT2D eigenvalue weighted by atomic mass is 32.2. The summed E-state index contributed by atoms with van der Waals surface area (Å²) in [5.74, 6) is 0. The van der Waals surface area contributed by atoms with Crippen LogP contribution in [0.1, 0.15) is 30.4 Å². The number of hydrogen-bond donors (Lipinski definition) is 0. The minimum atomic E-state index is -4.28. The highest BCUT2D eigenvalue weighted by Crippen LogP contribution is 2.40. The number of halogens is 3. The number of anilines is 1. The topological polar surface area (TPSA) is 61.2 Å². The molecule has 4 nitrogen and oxygen atoms in total. The highest BCUT2D eigenvalue weighted by molar-refractivity contribution is 7.93. The van der Waals surface area contributed by atoms with Crippen LogP contribution < -0.4 is 4.31 Å². The molecule has 0 aliphatic carbocycles. The number of benzene rings is 2. The first-order valence-corrected chi connectivity index (χ1v) is 11.5. The van der Waals surface area contributed by atoms with Crippen LogP contribution >= 0.6 is 11.3 Å². The molecule has 0 bridgehead atoms. The monoisotopic (exact) mass is 452 g/mol. The molecule has 1 heterocycles. The molecule has 0 amide bonds. The number of nitrogens with zero attached hydrogens (tertiary/aromatic N) is 2. The molecule has 0 saturated heterocycles. The normalized spacial score (nSPS) is 12.1. The van der Waals surface area contributed by atoms with Gasteiger partial charge < -0.3 is 0 Å². The second kappa shape index (κ2) is 8.66. The van der Waals surface area contributed by atoms with E-state index in [1.165, 1.54) is 39.9 Å². The van der Waals surface area contributed by atoms with Crippen LogP contribution in [-0.2, 0) is 10.0 Å². The van der Waals surface area contributed by atoms with Crippen molar-refractivity contribution in [2.24, 2.45) is 0 Å². The van der Waals surface area contributed by atoms with Gasteiger partial charge in [-0.1, -0.05) is 24.3 Å². The number of thiophene rings is 1. The van der Waals surface area contributed by atoms with E-state index in [1.54, 1.807) is 6.92 Å². The molecule has 0 saturated carbocycles. The van der Waals surface area contributed by atoms with Crippen LogP contribution in [0.15, 0.2) is 53.4 Å². The van der Waals surface area contributed by atoms with Gasteiger partial charge in [-0.25, -0.2) is 8.42 Å². The first-order valence-electron chi connectivity index (χ1n) is 9.21. The smallest absolute Gasteiger partial charge is 0.257 e. The van der Waals surface area contributed by atoms with Gasteiger partial charge in [0.05, 0.1) is 16.5 Å². The maximum Gasteiger partial charge on any atom is 0.389 e. The number of unbranched alkanes of at least 4 members (excludes halogenated alkanes) is 1. The van der Waals surface area contributed by atoms with Crippen molar-refractivity contribution < 1.29 is 21.6 Å². The Kier molecular flexibility index (Phi) is 6.38. The summed E-state index contributed by atoms with van der Waals surface area (Å²) in [5, 5.41) is 10.5. The van der Waals surface area contributed by atoms with Crippen molar-refractivity contribution in [3.63, 3.8) is 0 Å². The van der Waals surface area contributed by atoms with Gasteiger partial charge in [0.1, 0.15) is 5.00 Å². The molecule has 0 N–H and O–H groups in total. The SMILES string of the molecule is Cc1c(N(CCCCC(F)(F)F)S(=O)(=O)c2cccc(C#N)c2)sc2ccccc12. The molecule has 0 atom stereocenters. The van der Waals surface area contributed by atoms with Crippen LogP contribution in [0.4, 0.5) is 18.2 Å². The van der Waals surface area contributed by atoms with E-state index in [0.717, 1.165) is 15.6 Å². The summed E-state index contributed by atoms with van der Waals surface area (Å²) >= 11 is 1.29. The molecule has 158 valence electrons. The average Bonchev–Trinajstić information content (AvgIpc) is 3.03. The van der Waals surface area contributed by atoms with Crippen LogP contribution in [0.25, 0.3) is 10.1 Å². The number of hydrogen-bond acceptors (Lipinski definition) is 4. The zero-order valence-corrected chi connectivity index (χ0v) is 17.7. The van der Waals surface area contributed by atoms with Gasteiger partial charge in [-0.3, -0.25) is 4.31 Å². The van der Waals surface area contributed by atoms with Crippen molar-refractivity contribution in [1.82, 2.24) is 0 Å². The summed E-state index contributed by atoms with van der Waals surface area (Å²) in [6, 6.07) is 15.0. The molecule has 0 aliphatic heterocycles. The molecular weight excluding hydrogens is 433 g/mol. The largest absolute Gasteiger partial charge is 0.389 e. The van der Waals surface area contributed by atoms with E-state index in [1.807, 2.05) is 30.3 Å². The summed E-state index contributed by atoms with van der Waals surface area (Å²) < 4.78 is 66.5. The number of fused-ring (bicyclic) bond motifs is 1. The second-order valence-corrected chi connectivity index (χ2v) is 9.71. The molecule has 3 aromatic rings. The molecule has 3 rings (SSSR count). The fourth-order valence-corrected chi connectivity index (χ4v) is 6.22. The maximum absolute atomic E-state index is 13.4. The van der Waals surface area contributed by atoms with E-state index in [4.69, 9.17) is 5.26 Å². The Labute approximate surface area is 177 Å². The summed E-state index contributed by atoms with van der Waals surface area (Å²) in [5.41, 5.74) is 0.951. The van der Waals surface area contributed by atoms with Crippen molar-refractivity contribution in [3.05, 3.63) is 59.7 Å². The van der Waals surface area contributed by atoms with E-state index in [2.05, 4.69) is 0 Å². The van der Waals surface area contributed by atoms with Gasteiger partial charge in [-0.2, -0.15) is 18.4 Å². The number of sulfonamides is 1. The molecule has 30 heavy (non-hydrogen) atoms. The number of nitriles is 1. The molecule has 0 aliphatic rings. The van der Waals surface area contributed by atoms with E-state index in [-0.39, 0.29) is 29.8 Å². The predicted octanol–water partition coefficient (Wildman–Crippen LogP) is 6.01. The lowest BCUT2D eigenvalue weighted by atomic mass is 10.2. The lowest BCUT2D eigenvalue weighted by Crippen LogP contribution is -2.32. The Morgan fingerprint density at radius 2 is 1.83 bits per heavy atom. The molecule has 0 radical (unpaired) electrons. The summed E-state index contributed by atoms with van der Waals surface area (Å²) in [4.78, 5) is -0.0609. The lowest BCUT2D eigenvalue weighted by molar-refractivity contribution is -0.135. The summed E-state index contributed by atoms with van der Waals surface area (Å²) in [6.45, 7) is 1.72. The van der Waals surface area contributed by atoms with Gasteiger partial charge >= 0.3 is 6.18 Å². The first-order chi connectivity index (χ1) is 14.1. The average molecular weight is 453 g/mol. The second-order valence-electron chi connectivity index (χ2n) is 6.82. The van der Waals surface area contributed by atoms with Crippen LogP contribution in [-0.4, -0.2) is 21.1 Å². The molecule has 2 aromatic carbocycles. The maximum atomic E-state index is 13.4. The summed E-state index contributed by atoms with van der Waals surface area (Å²) in [6.07, 6.45) is -5.35. The zero-order valence-electron chi connectivity index (χ0n) is 16.1. The van der Waals surface area contributed by atoms with Gasteiger partial charge in [0, 0.05) is 17.7 Å². The molecule has 0 fully saturated rings. The highest BCUT2D eigenvalue weighted by Gasteiger charge is 2.30. The van der Waals surface area contributed by atoms with Crippen molar-refractivity contribution >= 4 is 36.4 Å². The van der Waals surface area contributed by atoms with E-state index < -0.39 is 22.6 Å². The Bertz CT molecular complexity index is 1190. The summed E-state index contributed by atoms with van der Waals surface area (Å²) in [7, 11) is -4.06. The van der Waals surface area contributed by atoms with Crippen LogP contribution in [0, 0.1) is 18.3 Å². The molecular formula is C21H19F3N2O2S2. The number of rotatable bonds is 7. The zero-order chi connectivity index (χ0) is 21.9. The quantitative estimate of drug-likeness (QED) is 0.413. The van der Waals surface area contributed by atoms with Gasteiger partial charge in [0.25, 0.3) is 10.0 Å². The van der Waals surface area contributed by atoms with E-state index in [0.29, 0.717) is 5.00 Å². The van der Waals surface area contributed by atoms with E-state index in [9.17, 15) is 21.6 Å². The third kappa shape index (κ3) is 4.77. The fourth-order valence-electron chi connectivity index (χ4n) is 3.16. The number of aryl methyl sites for hydroxylation is 1. The third-order valence-electron chi connectivity index (χ3n) is 4.67.